The van der Waals surface area contributed by atoms with Crippen LogP contribution in [-0.4, -0.2) is 23.2 Å². The van der Waals surface area contributed by atoms with Gasteiger partial charge < -0.3 is 9.84 Å². The van der Waals surface area contributed by atoms with Crippen molar-refractivity contribution < 1.29 is 8.91 Å². The van der Waals surface area contributed by atoms with Crippen molar-refractivity contribution in [3.8, 4) is 11.4 Å². The van der Waals surface area contributed by atoms with Crippen molar-refractivity contribution in [2.45, 2.75) is 37.6 Å². The highest BCUT2D eigenvalue weighted by Crippen LogP contribution is 2.33. The Labute approximate surface area is 131 Å². The Kier molecular flexibility index (Phi) is 4.35. The molecule has 4 nitrogen and oxygen atoms in total. The molecule has 1 heterocycles. The SMILES string of the molecule is CNC1CCCCC1c1nc(-c2ccc(F)c(Br)c2)no1. The summed E-state index contributed by atoms with van der Waals surface area (Å²) in [5, 5.41) is 7.38. The molecule has 0 spiro atoms. The molecule has 1 aliphatic rings. The van der Waals surface area contributed by atoms with E-state index in [1.807, 2.05) is 7.05 Å². The second-order valence-electron chi connectivity index (χ2n) is 5.37. The van der Waals surface area contributed by atoms with Gasteiger partial charge in [0.25, 0.3) is 0 Å². The predicted octanol–water partition coefficient (Wildman–Crippen LogP) is 3.88. The lowest BCUT2D eigenvalue weighted by Crippen LogP contribution is -2.34. The largest absolute Gasteiger partial charge is 0.339 e. The molecule has 0 saturated heterocycles. The fourth-order valence-corrected chi connectivity index (χ4v) is 3.29. The number of hydrogen-bond acceptors (Lipinski definition) is 4. The Balaban J connectivity index is 1.86. The first-order valence-electron chi connectivity index (χ1n) is 7.15. The molecule has 1 N–H and O–H groups in total. The Hall–Kier alpha value is -1.27. The molecule has 2 atom stereocenters. The quantitative estimate of drug-likeness (QED) is 0.909. The van der Waals surface area contributed by atoms with Crippen molar-refractivity contribution in [2.75, 3.05) is 7.05 Å². The first-order valence-corrected chi connectivity index (χ1v) is 7.94. The van der Waals surface area contributed by atoms with Crippen LogP contribution in [0, 0.1) is 5.82 Å². The molecule has 0 aliphatic heterocycles. The Bertz CT molecular complexity index is 631. The minimum absolute atomic E-state index is 0.258. The summed E-state index contributed by atoms with van der Waals surface area (Å²) in [5.41, 5.74) is 0.745. The molecule has 6 heteroatoms. The first-order chi connectivity index (χ1) is 10.2. The van der Waals surface area contributed by atoms with E-state index in [0.29, 0.717) is 22.2 Å². The summed E-state index contributed by atoms with van der Waals surface area (Å²) in [4.78, 5) is 4.51. The van der Waals surface area contributed by atoms with Gasteiger partial charge in [0, 0.05) is 11.6 Å². The molecule has 3 rings (SSSR count). The van der Waals surface area contributed by atoms with E-state index in [4.69, 9.17) is 4.52 Å². The number of hydrogen-bond donors (Lipinski definition) is 1. The summed E-state index contributed by atoms with van der Waals surface area (Å²) in [6.07, 6.45) is 4.60. The normalized spacial score (nSPS) is 22.4. The van der Waals surface area contributed by atoms with Crippen molar-refractivity contribution in [1.29, 1.82) is 0 Å². The average molecular weight is 354 g/mol. The number of aromatic nitrogens is 2. The van der Waals surface area contributed by atoms with Crippen molar-refractivity contribution in [2.24, 2.45) is 0 Å². The van der Waals surface area contributed by atoms with Crippen LogP contribution in [0.2, 0.25) is 0 Å². The first kappa shape index (κ1) is 14.7. The number of rotatable bonds is 3. The summed E-state index contributed by atoms with van der Waals surface area (Å²) in [6, 6.07) is 5.10. The highest BCUT2D eigenvalue weighted by molar-refractivity contribution is 9.10. The van der Waals surface area contributed by atoms with Gasteiger partial charge in [-0.15, -0.1) is 0 Å². The number of halogens is 2. The molecule has 1 aliphatic carbocycles. The second kappa shape index (κ2) is 6.23. The molecule has 0 amide bonds. The third kappa shape index (κ3) is 3.01. The third-order valence-electron chi connectivity index (χ3n) is 4.07. The monoisotopic (exact) mass is 353 g/mol. The fourth-order valence-electron chi connectivity index (χ4n) is 2.91. The van der Waals surface area contributed by atoms with Gasteiger partial charge in [0.2, 0.25) is 11.7 Å². The van der Waals surface area contributed by atoms with Gasteiger partial charge >= 0.3 is 0 Å². The lowest BCUT2D eigenvalue weighted by Gasteiger charge is -2.28. The summed E-state index contributed by atoms with van der Waals surface area (Å²) < 4.78 is 19.1. The standard InChI is InChI=1S/C15H17BrFN3O/c1-18-13-5-3-2-4-10(13)15-19-14(20-21-15)9-6-7-12(17)11(16)8-9/h6-8,10,13,18H,2-5H2,1H3. The van der Waals surface area contributed by atoms with Crippen LogP contribution in [0.25, 0.3) is 11.4 Å². The Morgan fingerprint density at radius 1 is 1.33 bits per heavy atom. The van der Waals surface area contributed by atoms with E-state index in [0.717, 1.165) is 18.4 Å². The highest BCUT2D eigenvalue weighted by Gasteiger charge is 2.30. The maximum atomic E-state index is 13.3. The zero-order valence-corrected chi connectivity index (χ0v) is 13.4. The summed E-state index contributed by atoms with van der Waals surface area (Å²) >= 11 is 3.18. The predicted molar refractivity (Wildman–Crippen MR) is 81.4 cm³/mol. The van der Waals surface area contributed by atoms with Crippen molar-refractivity contribution in [3.05, 3.63) is 34.4 Å². The van der Waals surface area contributed by atoms with Crippen LogP contribution in [-0.2, 0) is 0 Å². The van der Waals surface area contributed by atoms with Crippen molar-refractivity contribution in [1.82, 2.24) is 15.5 Å². The Morgan fingerprint density at radius 2 is 2.14 bits per heavy atom. The smallest absolute Gasteiger partial charge is 0.231 e. The van der Waals surface area contributed by atoms with Gasteiger partial charge in [0.15, 0.2) is 0 Å². The number of likely N-dealkylation sites (N-methyl/N-ethyl adjacent to an activating group) is 1. The van der Waals surface area contributed by atoms with Gasteiger partial charge in [-0.05, 0) is 54.0 Å². The fraction of sp³-hybridized carbons (Fsp3) is 0.467. The van der Waals surface area contributed by atoms with Crippen LogP contribution in [0.3, 0.4) is 0 Å². The maximum Gasteiger partial charge on any atom is 0.231 e. The van der Waals surface area contributed by atoms with Gasteiger partial charge in [-0.3, -0.25) is 0 Å². The topological polar surface area (TPSA) is 51.0 Å². The summed E-state index contributed by atoms with van der Waals surface area (Å²) in [5.74, 6) is 1.13. The van der Waals surface area contributed by atoms with Gasteiger partial charge in [-0.25, -0.2) is 4.39 Å². The van der Waals surface area contributed by atoms with Crippen LogP contribution < -0.4 is 5.32 Å². The molecule has 112 valence electrons. The van der Waals surface area contributed by atoms with Gasteiger partial charge in [-0.2, -0.15) is 4.98 Å². The molecule has 1 aromatic carbocycles. The zero-order valence-electron chi connectivity index (χ0n) is 11.8. The summed E-state index contributed by atoms with van der Waals surface area (Å²) in [7, 11) is 1.97. The molecule has 0 bridgehead atoms. The van der Waals surface area contributed by atoms with Crippen LogP contribution in [0.4, 0.5) is 4.39 Å². The molecule has 2 unspecified atom stereocenters. The van der Waals surface area contributed by atoms with E-state index in [2.05, 4.69) is 31.4 Å². The van der Waals surface area contributed by atoms with Gasteiger partial charge in [0.1, 0.15) is 5.82 Å². The zero-order chi connectivity index (χ0) is 14.8. The van der Waals surface area contributed by atoms with E-state index in [1.165, 1.54) is 18.9 Å². The lowest BCUT2D eigenvalue weighted by atomic mass is 9.84. The van der Waals surface area contributed by atoms with Gasteiger partial charge in [-0.1, -0.05) is 18.0 Å². The van der Waals surface area contributed by atoms with E-state index in [1.54, 1.807) is 12.1 Å². The van der Waals surface area contributed by atoms with E-state index in [-0.39, 0.29) is 11.7 Å². The third-order valence-corrected chi connectivity index (χ3v) is 4.68. The lowest BCUT2D eigenvalue weighted by molar-refractivity contribution is 0.270. The highest BCUT2D eigenvalue weighted by atomic mass is 79.9. The van der Waals surface area contributed by atoms with E-state index < -0.39 is 0 Å². The molecule has 2 aromatic rings. The number of benzene rings is 1. The van der Waals surface area contributed by atoms with E-state index in [9.17, 15) is 4.39 Å². The minimum atomic E-state index is -0.301. The molecule has 21 heavy (non-hydrogen) atoms. The number of nitrogens with one attached hydrogen (secondary N) is 1. The van der Waals surface area contributed by atoms with Crippen LogP contribution >= 0.6 is 15.9 Å². The van der Waals surface area contributed by atoms with E-state index >= 15 is 0 Å². The molecular weight excluding hydrogens is 337 g/mol. The molecule has 1 fully saturated rings. The van der Waals surface area contributed by atoms with Crippen molar-refractivity contribution in [3.63, 3.8) is 0 Å². The second-order valence-corrected chi connectivity index (χ2v) is 6.23. The van der Waals surface area contributed by atoms with Gasteiger partial charge in [0.05, 0.1) is 10.4 Å². The Morgan fingerprint density at radius 3 is 2.90 bits per heavy atom. The van der Waals surface area contributed by atoms with Crippen LogP contribution in [0.15, 0.2) is 27.2 Å². The van der Waals surface area contributed by atoms with Crippen molar-refractivity contribution >= 4 is 15.9 Å². The summed E-state index contributed by atoms with van der Waals surface area (Å²) in [6.45, 7) is 0. The number of nitrogens with zero attached hydrogens (tertiary/aromatic N) is 2. The minimum Gasteiger partial charge on any atom is -0.339 e. The molecule has 0 radical (unpaired) electrons. The van der Waals surface area contributed by atoms with Crippen LogP contribution in [0.5, 0.6) is 0 Å². The average Bonchev–Trinajstić information content (AvgIpc) is 2.99. The molecule has 1 aromatic heterocycles. The molecular formula is C15H17BrFN3O. The maximum absolute atomic E-state index is 13.3. The molecule has 1 saturated carbocycles. The van der Waals surface area contributed by atoms with Crippen LogP contribution in [0.1, 0.15) is 37.5 Å².